The van der Waals surface area contributed by atoms with Crippen LogP contribution in [-0.4, -0.2) is 14.2 Å². The predicted molar refractivity (Wildman–Crippen MR) is 72.2 cm³/mol. The third kappa shape index (κ3) is 2.57. The molecule has 19 heavy (non-hydrogen) atoms. The molecule has 3 N–H and O–H groups in total. The van der Waals surface area contributed by atoms with Gasteiger partial charge in [-0.2, -0.15) is 0 Å². The minimum atomic E-state index is -0.195. The molecule has 0 spiro atoms. The highest BCUT2D eigenvalue weighted by Crippen LogP contribution is 2.33. The normalized spacial score (nSPS) is 12.2. The number of methoxy groups -OCH3 is 2. The Balaban J connectivity index is 2.46. The van der Waals surface area contributed by atoms with Crippen LogP contribution in [0.15, 0.2) is 34.9 Å². The molecule has 0 aliphatic carbocycles. The van der Waals surface area contributed by atoms with Crippen molar-refractivity contribution in [3.63, 3.8) is 0 Å². The van der Waals surface area contributed by atoms with Gasteiger partial charge in [0.1, 0.15) is 17.3 Å². The second-order valence-electron chi connectivity index (χ2n) is 4.14. The van der Waals surface area contributed by atoms with E-state index >= 15 is 0 Å². The Labute approximate surface area is 112 Å². The lowest BCUT2D eigenvalue weighted by Crippen LogP contribution is -2.29. The molecule has 0 bridgehead atoms. The summed E-state index contributed by atoms with van der Waals surface area (Å²) in [7, 11) is 3.24. The van der Waals surface area contributed by atoms with Crippen LogP contribution in [0.2, 0.25) is 0 Å². The van der Waals surface area contributed by atoms with E-state index < -0.39 is 0 Å². The molecule has 5 heteroatoms. The number of hydrazine groups is 1. The molecular formula is C14H18N2O3. The highest BCUT2D eigenvalue weighted by molar-refractivity contribution is 5.46. The fraction of sp³-hybridized carbons (Fsp3) is 0.286. The molecule has 1 atom stereocenters. The Bertz CT molecular complexity index is 551. The molecule has 0 radical (unpaired) electrons. The van der Waals surface area contributed by atoms with Crippen molar-refractivity contribution >= 4 is 0 Å². The van der Waals surface area contributed by atoms with E-state index in [2.05, 4.69) is 5.43 Å². The first kappa shape index (κ1) is 13.5. The summed E-state index contributed by atoms with van der Waals surface area (Å²) in [5, 5.41) is 0. The summed E-state index contributed by atoms with van der Waals surface area (Å²) in [5.74, 6) is 7.95. The van der Waals surface area contributed by atoms with Crippen LogP contribution in [0.3, 0.4) is 0 Å². The van der Waals surface area contributed by atoms with E-state index in [1.165, 1.54) is 0 Å². The maximum atomic E-state index is 5.68. The standard InChI is InChI=1S/C14H18N2O3/c1-9-11(6-7-19-9)14(16-15)12-5-4-10(17-2)8-13(12)18-3/h4-8,14,16H,15H2,1-3H3. The smallest absolute Gasteiger partial charge is 0.127 e. The minimum Gasteiger partial charge on any atom is -0.497 e. The van der Waals surface area contributed by atoms with Crippen LogP contribution in [0, 0.1) is 6.92 Å². The molecule has 5 nitrogen and oxygen atoms in total. The molecule has 0 amide bonds. The molecule has 1 unspecified atom stereocenters. The number of benzene rings is 1. The fourth-order valence-electron chi connectivity index (χ4n) is 2.10. The number of nitrogens with two attached hydrogens (primary N) is 1. The van der Waals surface area contributed by atoms with Crippen LogP contribution in [0.4, 0.5) is 0 Å². The third-order valence-electron chi connectivity index (χ3n) is 3.13. The van der Waals surface area contributed by atoms with E-state index in [4.69, 9.17) is 19.7 Å². The lowest BCUT2D eigenvalue weighted by molar-refractivity contribution is 0.387. The first-order valence-corrected chi connectivity index (χ1v) is 5.93. The van der Waals surface area contributed by atoms with Crippen molar-refractivity contribution in [3.05, 3.63) is 47.4 Å². The van der Waals surface area contributed by atoms with Gasteiger partial charge >= 0.3 is 0 Å². The Morgan fingerprint density at radius 2 is 1.95 bits per heavy atom. The highest BCUT2D eigenvalue weighted by atomic mass is 16.5. The van der Waals surface area contributed by atoms with Crippen molar-refractivity contribution in [2.45, 2.75) is 13.0 Å². The lowest BCUT2D eigenvalue weighted by atomic mass is 9.99. The Morgan fingerprint density at radius 1 is 1.16 bits per heavy atom. The van der Waals surface area contributed by atoms with Gasteiger partial charge in [-0.15, -0.1) is 0 Å². The maximum Gasteiger partial charge on any atom is 0.127 e. The monoisotopic (exact) mass is 262 g/mol. The summed E-state index contributed by atoms with van der Waals surface area (Å²) in [6.07, 6.45) is 1.64. The van der Waals surface area contributed by atoms with Crippen molar-refractivity contribution in [1.29, 1.82) is 0 Å². The van der Waals surface area contributed by atoms with Crippen LogP contribution in [-0.2, 0) is 0 Å². The SMILES string of the molecule is COc1ccc(C(NN)c2ccoc2C)c(OC)c1. The van der Waals surface area contributed by atoms with Crippen molar-refractivity contribution in [1.82, 2.24) is 5.43 Å². The largest absolute Gasteiger partial charge is 0.497 e. The number of rotatable bonds is 5. The number of aryl methyl sites for hydroxylation is 1. The number of hydrogen-bond acceptors (Lipinski definition) is 5. The summed E-state index contributed by atoms with van der Waals surface area (Å²) >= 11 is 0. The zero-order valence-electron chi connectivity index (χ0n) is 11.3. The van der Waals surface area contributed by atoms with Crippen LogP contribution >= 0.6 is 0 Å². The molecule has 0 aliphatic rings. The van der Waals surface area contributed by atoms with E-state index in [9.17, 15) is 0 Å². The molecular weight excluding hydrogens is 244 g/mol. The van der Waals surface area contributed by atoms with Crippen molar-refractivity contribution in [2.75, 3.05) is 14.2 Å². The van der Waals surface area contributed by atoms with Crippen LogP contribution in [0.1, 0.15) is 22.9 Å². The van der Waals surface area contributed by atoms with E-state index in [0.29, 0.717) is 5.75 Å². The molecule has 0 fully saturated rings. The zero-order chi connectivity index (χ0) is 13.8. The molecule has 0 saturated carbocycles. The first-order valence-electron chi connectivity index (χ1n) is 5.93. The summed E-state index contributed by atoms with van der Waals surface area (Å²) in [6, 6.07) is 7.32. The van der Waals surface area contributed by atoms with Gasteiger partial charge in [-0.25, -0.2) is 5.43 Å². The van der Waals surface area contributed by atoms with Crippen LogP contribution < -0.4 is 20.7 Å². The average molecular weight is 262 g/mol. The summed E-state index contributed by atoms with van der Waals surface area (Å²) in [6.45, 7) is 1.90. The van der Waals surface area contributed by atoms with E-state index in [1.807, 2.05) is 31.2 Å². The average Bonchev–Trinajstić information content (AvgIpc) is 2.86. The second-order valence-corrected chi connectivity index (χ2v) is 4.14. The molecule has 1 aromatic heterocycles. The summed E-state index contributed by atoms with van der Waals surface area (Å²) in [4.78, 5) is 0. The van der Waals surface area contributed by atoms with Crippen LogP contribution in [0.5, 0.6) is 11.5 Å². The first-order chi connectivity index (χ1) is 9.21. The predicted octanol–water partition coefficient (Wildman–Crippen LogP) is 2.16. The minimum absolute atomic E-state index is 0.195. The molecule has 2 aromatic rings. The van der Waals surface area contributed by atoms with Gasteiger partial charge in [0.15, 0.2) is 0 Å². The highest BCUT2D eigenvalue weighted by Gasteiger charge is 2.20. The molecule has 102 valence electrons. The van der Waals surface area contributed by atoms with Crippen LogP contribution in [0.25, 0.3) is 0 Å². The van der Waals surface area contributed by atoms with E-state index in [1.54, 1.807) is 20.5 Å². The van der Waals surface area contributed by atoms with Crippen molar-refractivity contribution < 1.29 is 13.9 Å². The van der Waals surface area contributed by atoms with Gasteiger partial charge in [0, 0.05) is 17.2 Å². The summed E-state index contributed by atoms with van der Waals surface area (Å²) in [5.41, 5.74) is 4.70. The van der Waals surface area contributed by atoms with Gasteiger partial charge in [-0.1, -0.05) is 0 Å². The lowest BCUT2D eigenvalue weighted by Gasteiger charge is -2.19. The molecule has 0 saturated heterocycles. The molecule has 1 aromatic carbocycles. The van der Waals surface area contributed by atoms with Crippen molar-refractivity contribution in [3.8, 4) is 11.5 Å². The Morgan fingerprint density at radius 3 is 2.47 bits per heavy atom. The third-order valence-corrected chi connectivity index (χ3v) is 3.13. The number of nitrogens with one attached hydrogen (secondary N) is 1. The number of hydrogen-bond donors (Lipinski definition) is 2. The van der Waals surface area contributed by atoms with Gasteiger partial charge in [0.05, 0.1) is 26.5 Å². The molecule has 2 rings (SSSR count). The Kier molecular flexibility index (Phi) is 4.09. The van der Waals surface area contributed by atoms with E-state index in [-0.39, 0.29) is 6.04 Å². The van der Waals surface area contributed by atoms with Gasteiger partial charge in [-0.05, 0) is 25.1 Å². The fourth-order valence-corrected chi connectivity index (χ4v) is 2.10. The van der Waals surface area contributed by atoms with Gasteiger partial charge in [-0.3, -0.25) is 5.84 Å². The number of furan rings is 1. The van der Waals surface area contributed by atoms with Gasteiger partial charge in [0.2, 0.25) is 0 Å². The topological polar surface area (TPSA) is 69.7 Å². The van der Waals surface area contributed by atoms with E-state index in [0.717, 1.165) is 22.6 Å². The van der Waals surface area contributed by atoms with Gasteiger partial charge < -0.3 is 13.9 Å². The quantitative estimate of drug-likeness (QED) is 0.638. The molecule has 1 heterocycles. The number of ether oxygens (including phenoxy) is 2. The molecule has 0 aliphatic heterocycles. The Hall–Kier alpha value is -1.98. The summed E-state index contributed by atoms with van der Waals surface area (Å²) < 4.78 is 15.9. The second kappa shape index (κ2) is 5.77. The van der Waals surface area contributed by atoms with Gasteiger partial charge in [0.25, 0.3) is 0 Å². The zero-order valence-corrected chi connectivity index (χ0v) is 11.3. The van der Waals surface area contributed by atoms with Crippen molar-refractivity contribution in [2.24, 2.45) is 5.84 Å². The maximum absolute atomic E-state index is 5.68.